The highest BCUT2D eigenvalue weighted by Gasteiger charge is 2.24. The SMILES string of the molecule is CC(C)C(Br)Cc1ccc2c(c1)CCCN2C(=O)CCC1CCCCC1. The Labute approximate surface area is 167 Å². The average molecular weight is 420 g/mol. The topological polar surface area (TPSA) is 20.3 Å². The minimum absolute atomic E-state index is 0.338. The standard InChI is InChI=1S/C23H34BrNO/c1-17(2)21(24)16-19-10-12-22-20(15-19)9-6-14-25(22)23(26)13-11-18-7-4-3-5-8-18/h10,12,15,17-18,21H,3-9,11,13-14,16H2,1-2H3. The number of halogens is 1. The smallest absolute Gasteiger partial charge is 0.226 e. The Morgan fingerprint density at radius 1 is 1.19 bits per heavy atom. The van der Waals surface area contributed by atoms with Crippen molar-refractivity contribution in [1.82, 2.24) is 0 Å². The lowest BCUT2D eigenvalue weighted by atomic mass is 9.86. The zero-order chi connectivity index (χ0) is 18.5. The van der Waals surface area contributed by atoms with Crippen LogP contribution >= 0.6 is 15.9 Å². The van der Waals surface area contributed by atoms with Crippen molar-refractivity contribution in [3.05, 3.63) is 29.3 Å². The van der Waals surface area contributed by atoms with E-state index in [0.29, 0.717) is 16.7 Å². The molecule has 1 heterocycles. The Morgan fingerprint density at radius 2 is 1.96 bits per heavy atom. The van der Waals surface area contributed by atoms with Crippen LogP contribution in [0, 0.1) is 11.8 Å². The Morgan fingerprint density at radius 3 is 2.69 bits per heavy atom. The van der Waals surface area contributed by atoms with E-state index in [1.165, 1.54) is 48.9 Å². The molecule has 1 aromatic rings. The molecule has 0 aromatic heterocycles. The maximum absolute atomic E-state index is 12.9. The van der Waals surface area contributed by atoms with Crippen molar-refractivity contribution in [2.75, 3.05) is 11.4 Å². The largest absolute Gasteiger partial charge is 0.312 e. The van der Waals surface area contributed by atoms with Gasteiger partial charge < -0.3 is 4.90 Å². The van der Waals surface area contributed by atoms with Crippen LogP contribution in [0.3, 0.4) is 0 Å². The number of alkyl halides is 1. The molecule has 1 aliphatic heterocycles. The van der Waals surface area contributed by atoms with Crippen LogP contribution in [0.15, 0.2) is 18.2 Å². The summed E-state index contributed by atoms with van der Waals surface area (Å²) in [6, 6.07) is 6.76. The highest BCUT2D eigenvalue weighted by atomic mass is 79.9. The summed E-state index contributed by atoms with van der Waals surface area (Å²) < 4.78 is 0. The summed E-state index contributed by atoms with van der Waals surface area (Å²) in [5, 5.41) is 0. The van der Waals surface area contributed by atoms with Crippen LogP contribution < -0.4 is 4.90 Å². The van der Waals surface area contributed by atoms with Gasteiger partial charge in [-0.25, -0.2) is 0 Å². The van der Waals surface area contributed by atoms with E-state index in [1.807, 2.05) is 0 Å². The van der Waals surface area contributed by atoms with E-state index in [4.69, 9.17) is 0 Å². The second-order valence-electron chi connectivity index (χ2n) is 8.62. The van der Waals surface area contributed by atoms with Crippen molar-refractivity contribution in [2.45, 2.75) is 82.9 Å². The van der Waals surface area contributed by atoms with Gasteiger partial charge in [-0.1, -0.05) is 74.0 Å². The van der Waals surface area contributed by atoms with Crippen molar-refractivity contribution in [1.29, 1.82) is 0 Å². The molecule has 144 valence electrons. The molecule has 3 rings (SSSR count). The van der Waals surface area contributed by atoms with Gasteiger partial charge in [0.15, 0.2) is 0 Å². The minimum Gasteiger partial charge on any atom is -0.312 e. The number of hydrogen-bond donors (Lipinski definition) is 0. The fraction of sp³-hybridized carbons (Fsp3) is 0.696. The van der Waals surface area contributed by atoms with E-state index >= 15 is 0 Å². The Balaban J connectivity index is 1.63. The molecule has 0 bridgehead atoms. The average Bonchev–Trinajstić information content (AvgIpc) is 2.66. The van der Waals surface area contributed by atoms with Crippen molar-refractivity contribution >= 4 is 27.5 Å². The first-order valence-electron chi connectivity index (χ1n) is 10.6. The third kappa shape index (κ3) is 5.12. The normalized spacial score (nSPS) is 19.5. The predicted octanol–water partition coefficient (Wildman–Crippen LogP) is 6.29. The summed E-state index contributed by atoms with van der Waals surface area (Å²) in [5.74, 6) is 1.75. The monoisotopic (exact) mass is 419 g/mol. The first-order valence-corrected chi connectivity index (χ1v) is 11.5. The van der Waals surface area contributed by atoms with Crippen LogP contribution in [0.2, 0.25) is 0 Å². The molecule has 0 spiro atoms. The number of carbonyl (C=O) groups excluding carboxylic acids is 1. The number of rotatable bonds is 6. The highest BCUT2D eigenvalue weighted by molar-refractivity contribution is 9.09. The Kier molecular flexibility index (Phi) is 7.19. The summed E-state index contributed by atoms with van der Waals surface area (Å²) in [6.45, 7) is 5.40. The maximum Gasteiger partial charge on any atom is 0.226 e. The van der Waals surface area contributed by atoms with Gasteiger partial charge in [-0.05, 0) is 54.7 Å². The van der Waals surface area contributed by atoms with E-state index in [0.717, 1.165) is 44.6 Å². The first-order chi connectivity index (χ1) is 12.5. The van der Waals surface area contributed by atoms with E-state index in [1.54, 1.807) is 0 Å². The second kappa shape index (κ2) is 9.39. The van der Waals surface area contributed by atoms with Crippen LogP contribution in [0.5, 0.6) is 0 Å². The van der Waals surface area contributed by atoms with Gasteiger partial charge in [-0.15, -0.1) is 0 Å². The summed E-state index contributed by atoms with van der Waals surface area (Å²) in [6.07, 6.45) is 11.8. The number of aryl methyl sites for hydroxylation is 1. The van der Waals surface area contributed by atoms with Gasteiger partial charge in [0.05, 0.1) is 0 Å². The number of nitrogens with zero attached hydrogens (tertiary/aromatic N) is 1. The summed E-state index contributed by atoms with van der Waals surface area (Å²) in [4.78, 5) is 15.5. The number of amides is 1. The molecular formula is C23H34BrNO. The molecule has 26 heavy (non-hydrogen) atoms. The van der Waals surface area contributed by atoms with E-state index in [-0.39, 0.29) is 0 Å². The molecule has 1 atom stereocenters. The van der Waals surface area contributed by atoms with Crippen LogP contribution in [-0.4, -0.2) is 17.3 Å². The maximum atomic E-state index is 12.9. The van der Waals surface area contributed by atoms with Crippen LogP contribution in [0.25, 0.3) is 0 Å². The van der Waals surface area contributed by atoms with Crippen LogP contribution in [-0.2, 0) is 17.6 Å². The van der Waals surface area contributed by atoms with Crippen molar-refractivity contribution in [3.8, 4) is 0 Å². The van der Waals surface area contributed by atoms with Gasteiger partial charge in [-0.3, -0.25) is 4.79 Å². The fourth-order valence-corrected chi connectivity index (χ4v) is 4.81. The third-order valence-corrected chi connectivity index (χ3v) is 7.59. The third-order valence-electron chi connectivity index (χ3n) is 6.21. The highest BCUT2D eigenvalue weighted by Crippen LogP contribution is 2.32. The van der Waals surface area contributed by atoms with Gasteiger partial charge in [0.2, 0.25) is 5.91 Å². The molecule has 3 heteroatoms. The summed E-state index contributed by atoms with van der Waals surface area (Å²) >= 11 is 3.80. The van der Waals surface area contributed by atoms with Gasteiger partial charge in [0.1, 0.15) is 0 Å². The molecule has 1 unspecified atom stereocenters. The molecular weight excluding hydrogens is 386 g/mol. The van der Waals surface area contributed by atoms with Gasteiger partial charge in [0, 0.05) is 23.5 Å². The molecule has 0 saturated heterocycles. The molecule has 0 N–H and O–H groups in total. The van der Waals surface area contributed by atoms with E-state index < -0.39 is 0 Å². The second-order valence-corrected chi connectivity index (χ2v) is 9.79. The summed E-state index contributed by atoms with van der Waals surface area (Å²) in [7, 11) is 0. The predicted molar refractivity (Wildman–Crippen MR) is 114 cm³/mol. The lowest BCUT2D eigenvalue weighted by Crippen LogP contribution is -2.35. The Bertz CT molecular complexity index is 606. The first kappa shape index (κ1) is 19.9. The number of carbonyl (C=O) groups is 1. The van der Waals surface area contributed by atoms with Crippen LogP contribution in [0.4, 0.5) is 5.69 Å². The fourth-order valence-electron chi connectivity index (χ4n) is 4.44. The van der Waals surface area contributed by atoms with Gasteiger partial charge in [-0.2, -0.15) is 0 Å². The van der Waals surface area contributed by atoms with Crippen molar-refractivity contribution < 1.29 is 4.79 Å². The van der Waals surface area contributed by atoms with E-state index in [9.17, 15) is 4.79 Å². The number of fused-ring (bicyclic) bond motifs is 1. The molecule has 2 aliphatic rings. The quantitative estimate of drug-likeness (QED) is 0.496. The lowest BCUT2D eigenvalue weighted by Gasteiger charge is -2.31. The van der Waals surface area contributed by atoms with Gasteiger partial charge >= 0.3 is 0 Å². The zero-order valence-electron chi connectivity index (χ0n) is 16.5. The molecule has 1 fully saturated rings. The van der Waals surface area contributed by atoms with Crippen molar-refractivity contribution in [2.24, 2.45) is 11.8 Å². The summed E-state index contributed by atoms with van der Waals surface area (Å²) in [5.41, 5.74) is 3.92. The van der Waals surface area contributed by atoms with Crippen molar-refractivity contribution in [3.63, 3.8) is 0 Å². The molecule has 1 aliphatic carbocycles. The molecule has 0 radical (unpaired) electrons. The number of hydrogen-bond acceptors (Lipinski definition) is 1. The van der Waals surface area contributed by atoms with Crippen LogP contribution in [0.1, 0.15) is 76.3 Å². The zero-order valence-corrected chi connectivity index (χ0v) is 18.1. The number of anilines is 1. The van der Waals surface area contributed by atoms with Gasteiger partial charge in [0.25, 0.3) is 0 Å². The Hall–Kier alpha value is -0.830. The number of benzene rings is 1. The molecule has 1 amide bonds. The molecule has 1 saturated carbocycles. The van der Waals surface area contributed by atoms with E-state index in [2.05, 4.69) is 52.9 Å². The lowest BCUT2D eigenvalue weighted by molar-refractivity contribution is -0.119. The minimum atomic E-state index is 0.338. The molecule has 2 nitrogen and oxygen atoms in total. The molecule has 1 aromatic carbocycles.